The number of hydrogen-bond donors (Lipinski definition) is 1. The van der Waals surface area contributed by atoms with Crippen LogP contribution in [0.15, 0.2) is 18.2 Å². The van der Waals surface area contributed by atoms with Gasteiger partial charge in [0.05, 0.1) is 6.07 Å². The highest BCUT2D eigenvalue weighted by atomic mass is 16.3. The molecule has 1 aromatic rings. The lowest BCUT2D eigenvalue weighted by molar-refractivity contribution is 0.423. The van der Waals surface area contributed by atoms with Crippen molar-refractivity contribution >= 4 is 6.08 Å². The van der Waals surface area contributed by atoms with Crippen molar-refractivity contribution < 1.29 is 5.11 Å². The minimum Gasteiger partial charge on any atom is -0.507 e. The highest BCUT2D eigenvalue weighted by Crippen LogP contribution is 2.39. The molecule has 0 saturated carbocycles. The van der Waals surface area contributed by atoms with Crippen molar-refractivity contribution in [1.82, 2.24) is 0 Å². The monoisotopic (exact) mass is 257 g/mol. The first-order chi connectivity index (χ1) is 8.57. The molecule has 1 rings (SSSR count). The third-order valence-electron chi connectivity index (χ3n) is 3.10. The fraction of sp³-hybridized carbons (Fsp3) is 0.471. The largest absolute Gasteiger partial charge is 0.507 e. The number of phenols is 1. The number of aromatic hydroxyl groups is 1. The van der Waals surface area contributed by atoms with Gasteiger partial charge in [-0.25, -0.2) is 0 Å². The number of benzene rings is 1. The minimum atomic E-state index is -0.138. The molecule has 0 saturated heterocycles. The summed E-state index contributed by atoms with van der Waals surface area (Å²) in [5, 5.41) is 19.2. The summed E-state index contributed by atoms with van der Waals surface area (Å²) in [5.74, 6) is 0.370. The van der Waals surface area contributed by atoms with Crippen molar-refractivity contribution in [2.24, 2.45) is 0 Å². The van der Waals surface area contributed by atoms with E-state index in [0.717, 1.165) is 16.7 Å². The lowest BCUT2D eigenvalue weighted by Gasteiger charge is -2.27. The van der Waals surface area contributed by atoms with Crippen LogP contribution in [0.5, 0.6) is 5.75 Å². The molecule has 0 aliphatic heterocycles. The third-order valence-corrected chi connectivity index (χ3v) is 3.10. The maximum Gasteiger partial charge on any atom is 0.123 e. The van der Waals surface area contributed by atoms with Crippen molar-refractivity contribution in [3.8, 4) is 11.8 Å². The lowest BCUT2D eigenvalue weighted by Crippen LogP contribution is -2.17. The van der Waals surface area contributed by atoms with E-state index in [4.69, 9.17) is 5.26 Å². The Kier molecular flexibility index (Phi) is 4.10. The molecule has 1 N–H and O–H groups in total. The zero-order chi connectivity index (χ0) is 14.8. The quantitative estimate of drug-likeness (QED) is 0.751. The van der Waals surface area contributed by atoms with E-state index in [1.54, 1.807) is 6.08 Å². The van der Waals surface area contributed by atoms with Gasteiger partial charge in [0, 0.05) is 17.2 Å². The van der Waals surface area contributed by atoms with E-state index in [1.807, 2.05) is 18.2 Å². The van der Waals surface area contributed by atoms with Crippen LogP contribution in [-0.2, 0) is 10.8 Å². The van der Waals surface area contributed by atoms with E-state index in [-0.39, 0.29) is 10.8 Å². The van der Waals surface area contributed by atoms with Crippen molar-refractivity contribution in [2.75, 3.05) is 0 Å². The Morgan fingerprint density at radius 2 is 1.42 bits per heavy atom. The SMILES string of the molecule is CC(C)(C)c1cc(/C=C/C#N)cc(C(C)(C)C)c1O. The van der Waals surface area contributed by atoms with E-state index < -0.39 is 0 Å². The van der Waals surface area contributed by atoms with Crippen LogP contribution in [0.1, 0.15) is 58.2 Å². The fourth-order valence-corrected chi connectivity index (χ4v) is 2.03. The smallest absolute Gasteiger partial charge is 0.123 e. The van der Waals surface area contributed by atoms with Crippen LogP contribution in [-0.4, -0.2) is 5.11 Å². The maximum absolute atomic E-state index is 10.5. The summed E-state index contributed by atoms with van der Waals surface area (Å²) in [7, 11) is 0. The van der Waals surface area contributed by atoms with Gasteiger partial charge >= 0.3 is 0 Å². The molecule has 0 aliphatic rings. The molecule has 0 bridgehead atoms. The van der Waals surface area contributed by atoms with Gasteiger partial charge in [-0.1, -0.05) is 41.5 Å². The average Bonchev–Trinajstić information content (AvgIpc) is 2.24. The van der Waals surface area contributed by atoms with Gasteiger partial charge in [0.2, 0.25) is 0 Å². The van der Waals surface area contributed by atoms with Crippen molar-refractivity contribution in [1.29, 1.82) is 5.26 Å². The van der Waals surface area contributed by atoms with Crippen LogP contribution in [0.25, 0.3) is 6.08 Å². The Bertz CT molecular complexity index is 499. The topological polar surface area (TPSA) is 44.0 Å². The molecule has 0 aliphatic carbocycles. The second-order valence-electron chi connectivity index (χ2n) is 6.93. The van der Waals surface area contributed by atoms with Crippen molar-refractivity contribution in [3.05, 3.63) is 34.9 Å². The average molecular weight is 257 g/mol. The second kappa shape index (κ2) is 5.09. The summed E-state index contributed by atoms with van der Waals surface area (Å²) in [6.45, 7) is 12.5. The number of hydrogen-bond acceptors (Lipinski definition) is 2. The normalized spacial score (nSPS) is 12.7. The van der Waals surface area contributed by atoms with Gasteiger partial charge in [-0.3, -0.25) is 0 Å². The van der Waals surface area contributed by atoms with Crippen LogP contribution in [0.3, 0.4) is 0 Å². The van der Waals surface area contributed by atoms with Gasteiger partial charge < -0.3 is 5.11 Å². The fourth-order valence-electron chi connectivity index (χ4n) is 2.03. The number of phenolic OH excluding ortho intramolecular Hbond substituents is 1. The molecule has 2 nitrogen and oxygen atoms in total. The number of nitriles is 1. The van der Waals surface area contributed by atoms with Gasteiger partial charge in [-0.2, -0.15) is 5.26 Å². The first-order valence-electron chi connectivity index (χ1n) is 6.51. The van der Waals surface area contributed by atoms with Crippen LogP contribution in [0.4, 0.5) is 0 Å². The highest BCUT2D eigenvalue weighted by molar-refractivity contribution is 5.60. The molecular weight excluding hydrogens is 234 g/mol. The Morgan fingerprint density at radius 1 is 1.00 bits per heavy atom. The molecule has 0 unspecified atom stereocenters. The lowest BCUT2D eigenvalue weighted by atomic mass is 9.78. The Balaban J connectivity index is 3.58. The molecular formula is C17H23NO. The summed E-state index contributed by atoms with van der Waals surface area (Å²) in [6.07, 6.45) is 3.25. The van der Waals surface area contributed by atoms with Gasteiger partial charge in [0.1, 0.15) is 5.75 Å². The van der Waals surface area contributed by atoms with Gasteiger partial charge in [-0.15, -0.1) is 0 Å². The summed E-state index contributed by atoms with van der Waals surface area (Å²) in [5.41, 5.74) is 2.51. The molecule has 1 aromatic carbocycles. The predicted octanol–water partition coefficient (Wildman–Crippen LogP) is 4.52. The van der Waals surface area contributed by atoms with Crippen LogP contribution >= 0.6 is 0 Å². The van der Waals surface area contributed by atoms with E-state index >= 15 is 0 Å². The van der Waals surface area contributed by atoms with E-state index in [9.17, 15) is 5.11 Å². The molecule has 0 spiro atoms. The zero-order valence-electron chi connectivity index (χ0n) is 12.7. The summed E-state index contributed by atoms with van der Waals surface area (Å²) in [4.78, 5) is 0. The van der Waals surface area contributed by atoms with Gasteiger partial charge in [0.15, 0.2) is 0 Å². The number of allylic oxidation sites excluding steroid dienone is 1. The molecule has 19 heavy (non-hydrogen) atoms. The molecule has 102 valence electrons. The Labute approximate surface area is 116 Å². The Hall–Kier alpha value is -1.75. The molecule has 0 aromatic heterocycles. The summed E-state index contributed by atoms with van der Waals surface area (Å²) in [6, 6.07) is 5.92. The van der Waals surface area contributed by atoms with E-state index in [0.29, 0.717) is 5.75 Å². The molecule has 0 radical (unpaired) electrons. The molecule has 0 fully saturated rings. The molecule has 0 heterocycles. The number of rotatable bonds is 1. The zero-order valence-corrected chi connectivity index (χ0v) is 12.7. The van der Waals surface area contributed by atoms with Crippen molar-refractivity contribution in [2.45, 2.75) is 52.4 Å². The first kappa shape index (κ1) is 15.3. The van der Waals surface area contributed by atoms with Gasteiger partial charge in [0.25, 0.3) is 0 Å². The standard InChI is InChI=1S/C17H23NO/c1-16(2,3)13-10-12(8-7-9-18)11-14(15(13)19)17(4,5)6/h7-8,10-11,19H,1-6H3/b8-7+. The Morgan fingerprint density at radius 3 is 1.74 bits per heavy atom. The van der Waals surface area contributed by atoms with Crippen molar-refractivity contribution in [3.63, 3.8) is 0 Å². The minimum absolute atomic E-state index is 0.138. The predicted molar refractivity (Wildman–Crippen MR) is 80.2 cm³/mol. The van der Waals surface area contributed by atoms with Crippen LogP contribution in [0, 0.1) is 11.3 Å². The first-order valence-corrected chi connectivity index (χ1v) is 6.51. The molecule has 0 atom stereocenters. The van der Waals surface area contributed by atoms with Crippen LogP contribution in [0.2, 0.25) is 0 Å². The molecule has 2 heteroatoms. The maximum atomic E-state index is 10.5. The summed E-state index contributed by atoms with van der Waals surface area (Å²) < 4.78 is 0. The second-order valence-corrected chi connectivity index (χ2v) is 6.93. The summed E-state index contributed by atoms with van der Waals surface area (Å²) >= 11 is 0. The third kappa shape index (κ3) is 3.61. The highest BCUT2D eigenvalue weighted by Gasteiger charge is 2.25. The van der Waals surface area contributed by atoms with E-state index in [1.165, 1.54) is 6.08 Å². The van der Waals surface area contributed by atoms with E-state index in [2.05, 4.69) is 41.5 Å². The number of nitrogens with zero attached hydrogens (tertiary/aromatic N) is 1. The van der Waals surface area contributed by atoms with Crippen LogP contribution < -0.4 is 0 Å². The molecule has 0 amide bonds. The van der Waals surface area contributed by atoms with Gasteiger partial charge in [-0.05, 0) is 34.6 Å².